The molecule has 0 aliphatic heterocycles. The van der Waals surface area contributed by atoms with E-state index < -0.39 is 0 Å². The summed E-state index contributed by atoms with van der Waals surface area (Å²) in [5.41, 5.74) is 17.7. The Morgan fingerprint density at radius 3 is 1.29 bits per heavy atom. The van der Waals surface area contributed by atoms with Crippen LogP contribution in [0.5, 0.6) is 0 Å². The van der Waals surface area contributed by atoms with Gasteiger partial charge >= 0.3 is 0 Å². The summed E-state index contributed by atoms with van der Waals surface area (Å²) < 4.78 is 0. The first-order valence-corrected chi connectivity index (χ1v) is 21.7. The fourth-order valence-corrected chi connectivity index (χ4v) is 9.20. The largest absolute Gasteiger partial charge is 0.311 e. The molecular formula is C62H43N. The smallest absolute Gasteiger partial charge is 0.0462 e. The molecule has 0 amide bonds. The third-order valence-corrected chi connectivity index (χ3v) is 12.2. The lowest BCUT2D eigenvalue weighted by molar-refractivity contribution is 1.28. The van der Waals surface area contributed by atoms with E-state index in [0.29, 0.717) is 0 Å². The molecule has 0 unspecified atom stereocenters. The molecule has 0 radical (unpaired) electrons. The molecule has 0 saturated heterocycles. The van der Waals surface area contributed by atoms with Crippen LogP contribution >= 0.6 is 0 Å². The first kappa shape index (κ1) is 37.7. The van der Waals surface area contributed by atoms with Crippen molar-refractivity contribution in [1.82, 2.24) is 0 Å². The highest BCUT2D eigenvalue weighted by atomic mass is 15.1. The second-order valence-corrected chi connectivity index (χ2v) is 16.1. The highest BCUT2D eigenvalue weighted by molar-refractivity contribution is 6.13. The van der Waals surface area contributed by atoms with Crippen LogP contribution in [0.15, 0.2) is 261 Å². The van der Waals surface area contributed by atoms with Gasteiger partial charge in [-0.1, -0.05) is 200 Å². The number of nitrogens with zero attached hydrogens (tertiary/aromatic N) is 1. The Hall–Kier alpha value is -8.26. The number of rotatable bonds is 9. The van der Waals surface area contributed by atoms with Gasteiger partial charge in [0.25, 0.3) is 0 Å². The van der Waals surface area contributed by atoms with Gasteiger partial charge in [0, 0.05) is 17.1 Å². The molecule has 11 rings (SSSR count). The van der Waals surface area contributed by atoms with E-state index in [4.69, 9.17) is 0 Å². The summed E-state index contributed by atoms with van der Waals surface area (Å²) in [6, 6.07) is 94.6. The Bertz CT molecular complexity index is 3340. The average Bonchev–Trinajstić information content (AvgIpc) is 3.37. The Balaban J connectivity index is 0.981. The molecule has 0 bridgehead atoms. The highest BCUT2D eigenvalue weighted by Crippen LogP contribution is 2.45. The monoisotopic (exact) mass is 801 g/mol. The van der Waals surface area contributed by atoms with E-state index in [1.165, 1.54) is 82.7 Å². The zero-order valence-corrected chi connectivity index (χ0v) is 34.8. The van der Waals surface area contributed by atoms with Gasteiger partial charge in [-0.3, -0.25) is 0 Å². The molecule has 11 aromatic carbocycles. The van der Waals surface area contributed by atoms with Crippen molar-refractivity contribution in [2.75, 3.05) is 4.90 Å². The lowest BCUT2D eigenvalue weighted by Crippen LogP contribution is -2.09. The van der Waals surface area contributed by atoms with Crippen LogP contribution in [0.25, 0.3) is 88.3 Å². The minimum atomic E-state index is 1.10. The predicted octanol–water partition coefficient (Wildman–Crippen LogP) is 17.5. The number of benzene rings is 11. The predicted molar refractivity (Wildman–Crippen MR) is 269 cm³/mol. The SMILES string of the molecule is c1ccc(-c2cc(-c3ccccc3)c(-c3ccccc3)c(-c3cccc(-c4ccc(N(c5ccccc5)c5ccc(-c6cc7ccccc7c7ccccc67)cc5)cc4)c3)c2)cc1. The molecule has 296 valence electrons. The lowest BCUT2D eigenvalue weighted by Gasteiger charge is -2.26. The van der Waals surface area contributed by atoms with Crippen molar-refractivity contribution in [1.29, 1.82) is 0 Å². The molecule has 0 heterocycles. The molecule has 63 heavy (non-hydrogen) atoms. The van der Waals surface area contributed by atoms with Crippen molar-refractivity contribution in [2.45, 2.75) is 0 Å². The van der Waals surface area contributed by atoms with Crippen molar-refractivity contribution in [3.05, 3.63) is 261 Å². The van der Waals surface area contributed by atoms with E-state index in [9.17, 15) is 0 Å². The topological polar surface area (TPSA) is 3.24 Å². The molecule has 0 N–H and O–H groups in total. The van der Waals surface area contributed by atoms with Gasteiger partial charge in [0.1, 0.15) is 0 Å². The summed E-state index contributed by atoms with van der Waals surface area (Å²) in [5.74, 6) is 0. The molecular weight excluding hydrogens is 759 g/mol. The second-order valence-electron chi connectivity index (χ2n) is 16.1. The molecule has 0 saturated carbocycles. The number of fused-ring (bicyclic) bond motifs is 3. The average molecular weight is 802 g/mol. The molecule has 1 heteroatoms. The van der Waals surface area contributed by atoms with Crippen LogP contribution in [-0.4, -0.2) is 0 Å². The minimum Gasteiger partial charge on any atom is -0.311 e. The summed E-state index contributed by atoms with van der Waals surface area (Å²) >= 11 is 0. The Morgan fingerprint density at radius 2 is 0.635 bits per heavy atom. The van der Waals surface area contributed by atoms with Gasteiger partial charge in [0.2, 0.25) is 0 Å². The number of anilines is 3. The minimum absolute atomic E-state index is 1.10. The number of hydrogen-bond donors (Lipinski definition) is 0. The third-order valence-electron chi connectivity index (χ3n) is 12.2. The van der Waals surface area contributed by atoms with Gasteiger partial charge in [-0.2, -0.15) is 0 Å². The molecule has 11 aromatic rings. The fraction of sp³-hybridized carbons (Fsp3) is 0. The summed E-state index contributed by atoms with van der Waals surface area (Å²) in [5, 5.41) is 5.08. The quantitative estimate of drug-likeness (QED) is 0.131. The van der Waals surface area contributed by atoms with E-state index in [0.717, 1.165) is 22.6 Å². The zero-order valence-electron chi connectivity index (χ0n) is 34.8. The van der Waals surface area contributed by atoms with Crippen LogP contribution in [-0.2, 0) is 0 Å². The van der Waals surface area contributed by atoms with Crippen LogP contribution in [0.1, 0.15) is 0 Å². The van der Waals surface area contributed by atoms with Crippen LogP contribution in [0.3, 0.4) is 0 Å². The van der Waals surface area contributed by atoms with Gasteiger partial charge in [-0.05, 0) is 149 Å². The Labute approximate surface area is 369 Å². The molecule has 0 aliphatic carbocycles. The maximum absolute atomic E-state index is 2.37. The molecule has 1 nitrogen and oxygen atoms in total. The van der Waals surface area contributed by atoms with E-state index >= 15 is 0 Å². The van der Waals surface area contributed by atoms with Crippen LogP contribution in [0.2, 0.25) is 0 Å². The van der Waals surface area contributed by atoms with Gasteiger partial charge in [0.15, 0.2) is 0 Å². The van der Waals surface area contributed by atoms with E-state index in [1.807, 2.05) is 0 Å². The number of para-hydroxylation sites is 1. The molecule has 0 fully saturated rings. The van der Waals surface area contributed by atoms with Crippen molar-refractivity contribution < 1.29 is 0 Å². The van der Waals surface area contributed by atoms with Crippen molar-refractivity contribution in [2.24, 2.45) is 0 Å². The van der Waals surface area contributed by atoms with E-state index in [-0.39, 0.29) is 0 Å². The van der Waals surface area contributed by atoms with Gasteiger partial charge in [0.05, 0.1) is 0 Å². The Kier molecular flexibility index (Phi) is 9.97. The van der Waals surface area contributed by atoms with Gasteiger partial charge in [-0.15, -0.1) is 0 Å². The van der Waals surface area contributed by atoms with Crippen molar-refractivity contribution in [3.8, 4) is 66.8 Å². The zero-order chi connectivity index (χ0) is 42.0. The first-order chi connectivity index (χ1) is 31.2. The normalized spacial score (nSPS) is 11.2. The fourth-order valence-electron chi connectivity index (χ4n) is 9.20. The molecule has 0 aromatic heterocycles. The van der Waals surface area contributed by atoms with Gasteiger partial charge in [-0.25, -0.2) is 0 Å². The van der Waals surface area contributed by atoms with Gasteiger partial charge < -0.3 is 4.90 Å². The second kappa shape index (κ2) is 16.7. The highest BCUT2D eigenvalue weighted by Gasteiger charge is 2.19. The van der Waals surface area contributed by atoms with Crippen molar-refractivity contribution >= 4 is 38.6 Å². The summed E-state index contributed by atoms with van der Waals surface area (Å²) in [4.78, 5) is 2.34. The van der Waals surface area contributed by atoms with Crippen LogP contribution in [0.4, 0.5) is 17.1 Å². The number of hydrogen-bond acceptors (Lipinski definition) is 1. The van der Waals surface area contributed by atoms with Crippen molar-refractivity contribution in [3.63, 3.8) is 0 Å². The summed E-state index contributed by atoms with van der Waals surface area (Å²) in [6.45, 7) is 0. The molecule has 0 atom stereocenters. The lowest BCUT2D eigenvalue weighted by atomic mass is 9.84. The maximum atomic E-state index is 2.37. The van der Waals surface area contributed by atoms with Crippen LogP contribution < -0.4 is 4.90 Å². The van der Waals surface area contributed by atoms with Crippen LogP contribution in [0, 0.1) is 0 Å². The van der Waals surface area contributed by atoms with E-state index in [1.54, 1.807) is 0 Å². The molecule has 0 aliphatic rings. The summed E-state index contributed by atoms with van der Waals surface area (Å²) in [7, 11) is 0. The summed E-state index contributed by atoms with van der Waals surface area (Å²) in [6.07, 6.45) is 0. The third kappa shape index (κ3) is 7.37. The molecule has 0 spiro atoms. The van der Waals surface area contributed by atoms with E-state index in [2.05, 4.69) is 266 Å². The Morgan fingerprint density at radius 1 is 0.206 bits per heavy atom. The first-order valence-electron chi connectivity index (χ1n) is 21.7. The standard InChI is InChI=1S/C62H43N/c1-5-18-44(19-6-1)52-42-60(46-20-7-2-8-21-46)62(48-22-9-3-10-23-48)61(43-52)50-26-17-25-49(40-50)45-32-36-54(37-33-45)63(53-27-11-4-12-28-53)55-38-34-47(35-39-55)59-41-51-24-13-14-29-56(51)57-30-15-16-31-58(57)59/h1-43H. The maximum Gasteiger partial charge on any atom is 0.0462 e.